The third kappa shape index (κ3) is 4.59. The molecule has 0 saturated carbocycles. The summed E-state index contributed by atoms with van der Waals surface area (Å²) in [4.78, 5) is 0. The largest absolute Gasteiger partial charge is 0.508 e. The number of phenols is 1. The fourth-order valence-corrected chi connectivity index (χ4v) is 3.00. The molecule has 26 heavy (non-hydrogen) atoms. The van der Waals surface area contributed by atoms with Crippen LogP contribution in [0.2, 0.25) is 10.0 Å². The van der Waals surface area contributed by atoms with Crippen LogP contribution in [-0.2, 0) is 6.42 Å². The van der Waals surface area contributed by atoms with E-state index in [1.54, 1.807) is 12.1 Å². The molecular formula is C19H18Cl2F2O3. The first-order valence-corrected chi connectivity index (χ1v) is 8.51. The lowest BCUT2D eigenvalue weighted by Gasteiger charge is -2.18. The third-order valence-electron chi connectivity index (χ3n) is 3.79. The van der Waals surface area contributed by atoms with Crippen molar-refractivity contribution in [2.24, 2.45) is 0 Å². The molecule has 0 bridgehead atoms. The number of alkyl halides is 2. The normalized spacial score (nSPS) is 11.7. The summed E-state index contributed by atoms with van der Waals surface area (Å²) in [6.07, 6.45) is -3.60. The second kappa shape index (κ2) is 7.72. The molecule has 0 amide bonds. The van der Waals surface area contributed by atoms with Crippen LogP contribution < -0.4 is 4.74 Å². The lowest BCUT2D eigenvalue weighted by atomic mass is 9.96. The summed E-state index contributed by atoms with van der Waals surface area (Å²) < 4.78 is 31.2. The monoisotopic (exact) mass is 402 g/mol. The van der Waals surface area contributed by atoms with Crippen molar-refractivity contribution >= 4 is 23.2 Å². The lowest BCUT2D eigenvalue weighted by molar-refractivity contribution is -0.165. The third-order valence-corrected chi connectivity index (χ3v) is 4.47. The zero-order valence-corrected chi connectivity index (χ0v) is 15.7. The smallest absolute Gasteiger partial charge is 0.459 e. The van der Waals surface area contributed by atoms with Gasteiger partial charge in [-0.25, -0.2) is 0 Å². The number of aromatic hydroxyl groups is 1. The van der Waals surface area contributed by atoms with Gasteiger partial charge in [-0.05, 0) is 40.8 Å². The SMILES string of the molecule is C=C(O)C(F)(F)Oc1cc(Cl)c(Cc2ccc(O)c(C(C)C)c2)c(Cl)c1. The van der Waals surface area contributed by atoms with Crippen molar-refractivity contribution < 1.29 is 23.7 Å². The molecule has 0 atom stereocenters. The number of hydrogen-bond acceptors (Lipinski definition) is 3. The Hall–Kier alpha value is -1.98. The fourth-order valence-electron chi connectivity index (χ4n) is 2.39. The van der Waals surface area contributed by atoms with Gasteiger partial charge in [0, 0.05) is 16.5 Å². The minimum Gasteiger partial charge on any atom is -0.508 e. The molecule has 0 unspecified atom stereocenters. The summed E-state index contributed by atoms with van der Waals surface area (Å²) in [5.74, 6) is -1.38. The number of phenolic OH excluding ortho intramolecular Hbond substituents is 1. The highest BCUT2D eigenvalue weighted by molar-refractivity contribution is 6.36. The molecule has 0 spiro atoms. The van der Waals surface area contributed by atoms with E-state index in [0.29, 0.717) is 12.0 Å². The second-order valence-corrected chi connectivity index (χ2v) is 6.97. The van der Waals surface area contributed by atoms with E-state index in [2.05, 4.69) is 11.3 Å². The molecule has 0 saturated heterocycles. The topological polar surface area (TPSA) is 49.7 Å². The maximum atomic E-state index is 13.4. The van der Waals surface area contributed by atoms with E-state index in [0.717, 1.165) is 11.1 Å². The van der Waals surface area contributed by atoms with Gasteiger partial charge < -0.3 is 14.9 Å². The van der Waals surface area contributed by atoms with Crippen LogP contribution in [0.25, 0.3) is 0 Å². The first-order valence-electron chi connectivity index (χ1n) is 7.76. The number of benzene rings is 2. The molecule has 2 N–H and O–H groups in total. The Labute approximate surface area is 160 Å². The van der Waals surface area contributed by atoms with Crippen molar-refractivity contribution in [2.45, 2.75) is 32.3 Å². The number of ether oxygens (including phenoxy) is 1. The van der Waals surface area contributed by atoms with Crippen molar-refractivity contribution in [3.8, 4) is 11.5 Å². The standard InChI is InChI=1S/C19H18Cl2F2O3/c1-10(2)14-6-12(4-5-18(14)25)7-15-16(20)8-13(9-17(15)21)26-19(22,23)11(3)24/h4-6,8-10,24-25H,3,7H2,1-2H3. The van der Waals surface area contributed by atoms with Crippen LogP contribution >= 0.6 is 23.2 Å². The summed E-state index contributed by atoms with van der Waals surface area (Å²) in [5.41, 5.74) is 2.18. The number of aliphatic hydroxyl groups is 1. The lowest BCUT2D eigenvalue weighted by Crippen LogP contribution is -2.26. The van der Waals surface area contributed by atoms with Crippen molar-refractivity contribution in [3.63, 3.8) is 0 Å². The highest BCUT2D eigenvalue weighted by Gasteiger charge is 2.36. The van der Waals surface area contributed by atoms with E-state index in [-0.39, 0.29) is 27.5 Å². The minimum atomic E-state index is -3.95. The minimum absolute atomic E-state index is 0.130. The maximum Gasteiger partial charge on any atom is 0.459 e. The molecule has 3 nitrogen and oxygen atoms in total. The number of hydrogen-bond donors (Lipinski definition) is 2. The van der Waals surface area contributed by atoms with Crippen LogP contribution in [0.5, 0.6) is 11.5 Å². The summed E-state index contributed by atoms with van der Waals surface area (Å²) in [6.45, 7) is 6.68. The predicted octanol–water partition coefficient (Wildman–Crippen LogP) is 6.46. The quantitative estimate of drug-likeness (QED) is 0.545. The Balaban J connectivity index is 2.32. The van der Waals surface area contributed by atoms with Crippen molar-refractivity contribution in [3.05, 3.63) is 69.4 Å². The molecule has 2 aromatic rings. The van der Waals surface area contributed by atoms with Gasteiger partial charge in [0.25, 0.3) is 0 Å². The average Bonchev–Trinajstić information content (AvgIpc) is 2.51. The van der Waals surface area contributed by atoms with Crippen LogP contribution in [-0.4, -0.2) is 16.3 Å². The molecule has 0 fully saturated rings. The molecule has 7 heteroatoms. The summed E-state index contributed by atoms with van der Waals surface area (Å²) in [5, 5.41) is 19.1. The molecule has 2 aromatic carbocycles. The zero-order chi connectivity index (χ0) is 19.6. The number of aliphatic hydroxyl groups excluding tert-OH is 1. The highest BCUT2D eigenvalue weighted by Crippen LogP contribution is 2.36. The summed E-state index contributed by atoms with van der Waals surface area (Å²) >= 11 is 12.4. The summed E-state index contributed by atoms with van der Waals surface area (Å²) in [6, 6.07) is 7.58. The van der Waals surface area contributed by atoms with Crippen LogP contribution in [0, 0.1) is 0 Å². The fraction of sp³-hybridized carbons (Fsp3) is 0.263. The average molecular weight is 403 g/mol. The first kappa shape index (κ1) is 20.3. The van der Waals surface area contributed by atoms with Gasteiger partial charge in [0.05, 0.1) is 0 Å². The molecule has 0 radical (unpaired) electrons. The van der Waals surface area contributed by atoms with E-state index in [1.165, 1.54) is 12.1 Å². The highest BCUT2D eigenvalue weighted by atomic mass is 35.5. The number of rotatable bonds is 6. The Bertz CT molecular complexity index is 813. The van der Waals surface area contributed by atoms with Crippen LogP contribution in [0.1, 0.15) is 36.5 Å². The molecular weight excluding hydrogens is 385 g/mol. The van der Waals surface area contributed by atoms with Gasteiger partial charge in [0.15, 0.2) is 5.76 Å². The van der Waals surface area contributed by atoms with Crippen LogP contribution in [0.4, 0.5) is 8.78 Å². The Morgan fingerprint density at radius 3 is 2.27 bits per heavy atom. The van der Waals surface area contributed by atoms with Gasteiger partial charge in [-0.2, -0.15) is 8.78 Å². The molecule has 0 aliphatic carbocycles. The van der Waals surface area contributed by atoms with E-state index in [1.807, 2.05) is 19.9 Å². The van der Waals surface area contributed by atoms with E-state index < -0.39 is 11.9 Å². The van der Waals surface area contributed by atoms with Gasteiger partial charge in [-0.1, -0.05) is 55.8 Å². The second-order valence-electron chi connectivity index (χ2n) is 6.16. The van der Waals surface area contributed by atoms with Gasteiger partial charge in [-0.3, -0.25) is 0 Å². The van der Waals surface area contributed by atoms with Gasteiger partial charge >= 0.3 is 6.11 Å². The Kier molecular flexibility index (Phi) is 6.04. The molecule has 0 aliphatic rings. The predicted molar refractivity (Wildman–Crippen MR) is 98.8 cm³/mol. The molecule has 0 heterocycles. The molecule has 0 aromatic heterocycles. The molecule has 2 rings (SSSR count). The van der Waals surface area contributed by atoms with Crippen molar-refractivity contribution in [1.82, 2.24) is 0 Å². The molecule has 0 aliphatic heterocycles. The van der Waals surface area contributed by atoms with Crippen molar-refractivity contribution in [1.29, 1.82) is 0 Å². The van der Waals surface area contributed by atoms with E-state index in [9.17, 15) is 13.9 Å². The maximum absolute atomic E-state index is 13.4. The van der Waals surface area contributed by atoms with E-state index >= 15 is 0 Å². The zero-order valence-electron chi connectivity index (χ0n) is 14.2. The van der Waals surface area contributed by atoms with Gasteiger partial charge in [-0.15, -0.1) is 0 Å². The van der Waals surface area contributed by atoms with Gasteiger partial charge in [0.1, 0.15) is 11.5 Å². The van der Waals surface area contributed by atoms with Crippen LogP contribution in [0.3, 0.4) is 0 Å². The van der Waals surface area contributed by atoms with Crippen molar-refractivity contribution in [2.75, 3.05) is 0 Å². The number of halogens is 4. The summed E-state index contributed by atoms with van der Waals surface area (Å²) in [7, 11) is 0. The molecule has 140 valence electrons. The Morgan fingerprint density at radius 2 is 1.77 bits per heavy atom. The first-order chi connectivity index (χ1) is 12.0. The van der Waals surface area contributed by atoms with Crippen LogP contribution in [0.15, 0.2) is 42.7 Å². The van der Waals surface area contributed by atoms with E-state index in [4.69, 9.17) is 28.3 Å². The Morgan fingerprint density at radius 1 is 1.19 bits per heavy atom. The van der Waals surface area contributed by atoms with Gasteiger partial charge in [0.2, 0.25) is 0 Å².